The average Bonchev–Trinajstić information content (AvgIpc) is 3.17. The van der Waals surface area contributed by atoms with Crippen LogP contribution >= 0.6 is 0 Å². The third-order valence-electron chi connectivity index (χ3n) is 5.53. The van der Waals surface area contributed by atoms with E-state index in [2.05, 4.69) is 15.5 Å². The number of halogens is 1. The van der Waals surface area contributed by atoms with Crippen LogP contribution in [0.15, 0.2) is 41.1 Å². The molecule has 0 aliphatic carbocycles. The Labute approximate surface area is 173 Å². The molecule has 8 heteroatoms. The number of rotatable bonds is 5. The second-order valence-electron chi connectivity index (χ2n) is 7.58. The minimum absolute atomic E-state index is 0.0339. The molecule has 1 fully saturated rings. The van der Waals surface area contributed by atoms with Gasteiger partial charge in [-0.1, -0.05) is 11.2 Å². The smallest absolute Gasteiger partial charge is 0.226 e. The lowest BCUT2D eigenvalue weighted by molar-refractivity contribution is -0.133. The summed E-state index contributed by atoms with van der Waals surface area (Å²) in [7, 11) is 0. The Balaban J connectivity index is 1.28. The molecule has 7 nitrogen and oxygen atoms in total. The Bertz CT molecular complexity index is 1070. The van der Waals surface area contributed by atoms with Gasteiger partial charge in [-0.15, -0.1) is 0 Å². The zero-order chi connectivity index (χ0) is 21.1. The molecular weight excluding hydrogens is 387 g/mol. The molecule has 2 amide bonds. The summed E-state index contributed by atoms with van der Waals surface area (Å²) in [6.07, 6.45) is 3.41. The Kier molecular flexibility index (Phi) is 5.74. The number of fused-ring (bicyclic) bond motifs is 1. The van der Waals surface area contributed by atoms with Gasteiger partial charge in [0.25, 0.3) is 0 Å². The van der Waals surface area contributed by atoms with E-state index in [1.165, 1.54) is 12.1 Å². The number of amides is 2. The lowest BCUT2D eigenvalue weighted by atomic mass is 9.91. The molecule has 1 aromatic carbocycles. The van der Waals surface area contributed by atoms with Crippen LogP contribution in [-0.4, -0.2) is 39.9 Å². The van der Waals surface area contributed by atoms with E-state index in [1.54, 1.807) is 23.2 Å². The molecule has 0 spiro atoms. The molecule has 30 heavy (non-hydrogen) atoms. The number of piperidine rings is 1. The number of benzene rings is 1. The molecule has 3 heterocycles. The van der Waals surface area contributed by atoms with Gasteiger partial charge < -0.3 is 14.7 Å². The fourth-order valence-corrected chi connectivity index (χ4v) is 3.82. The van der Waals surface area contributed by atoms with Crippen LogP contribution in [0.1, 0.15) is 42.9 Å². The molecule has 1 N–H and O–H groups in total. The van der Waals surface area contributed by atoms with E-state index in [9.17, 15) is 14.0 Å². The molecule has 1 aliphatic heterocycles. The topological polar surface area (TPSA) is 88.3 Å². The summed E-state index contributed by atoms with van der Waals surface area (Å²) >= 11 is 0. The molecule has 1 saturated heterocycles. The van der Waals surface area contributed by atoms with Crippen LogP contribution < -0.4 is 5.32 Å². The van der Waals surface area contributed by atoms with Crippen LogP contribution in [0.2, 0.25) is 0 Å². The molecule has 1 aliphatic rings. The van der Waals surface area contributed by atoms with Crippen molar-refractivity contribution in [1.82, 2.24) is 15.0 Å². The number of nitrogens with zero attached hydrogens (tertiary/aromatic N) is 3. The van der Waals surface area contributed by atoms with E-state index < -0.39 is 0 Å². The summed E-state index contributed by atoms with van der Waals surface area (Å²) in [4.78, 5) is 30.6. The molecule has 2 aromatic heterocycles. The maximum atomic E-state index is 13.3. The first-order valence-corrected chi connectivity index (χ1v) is 10.1. The second kappa shape index (κ2) is 8.61. The molecule has 0 radical (unpaired) electrons. The number of hydrogen-bond acceptors (Lipinski definition) is 5. The van der Waals surface area contributed by atoms with Crippen LogP contribution in [-0.2, 0) is 9.59 Å². The third kappa shape index (κ3) is 4.32. The number of carbonyl (C=O) groups is 2. The maximum absolute atomic E-state index is 13.3. The van der Waals surface area contributed by atoms with Gasteiger partial charge in [-0.2, -0.15) is 0 Å². The van der Waals surface area contributed by atoms with Crippen molar-refractivity contribution < 1.29 is 18.5 Å². The molecule has 0 unspecified atom stereocenters. The largest absolute Gasteiger partial charge is 0.356 e. The number of pyridine rings is 1. The lowest BCUT2D eigenvalue weighted by Gasteiger charge is -2.31. The highest BCUT2D eigenvalue weighted by Gasteiger charge is 2.27. The molecule has 0 bridgehead atoms. The SMILES string of the molecule is Cc1cccnc1NC(=O)CCC(=O)N1CCC(c2noc3cc(F)ccc23)CC1. The molecular formula is C22H23FN4O3. The van der Waals surface area contributed by atoms with Crippen molar-refractivity contribution in [3.63, 3.8) is 0 Å². The number of aromatic nitrogens is 2. The van der Waals surface area contributed by atoms with Crippen molar-refractivity contribution in [2.45, 2.75) is 38.5 Å². The van der Waals surface area contributed by atoms with Gasteiger partial charge >= 0.3 is 0 Å². The summed E-state index contributed by atoms with van der Waals surface area (Å²) < 4.78 is 18.6. The third-order valence-corrected chi connectivity index (χ3v) is 5.53. The summed E-state index contributed by atoms with van der Waals surface area (Å²) in [6, 6.07) is 8.10. The number of nitrogens with one attached hydrogen (secondary N) is 1. The van der Waals surface area contributed by atoms with Gasteiger partial charge in [0.15, 0.2) is 5.58 Å². The van der Waals surface area contributed by atoms with Crippen molar-refractivity contribution in [2.75, 3.05) is 18.4 Å². The molecule has 3 aromatic rings. The van der Waals surface area contributed by atoms with Gasteiger partial charge in [0.1, 0.15) is 11.6 Å². The zero-order valence-corrected chi connectivity index (χ0v) is 16.7. The predicted molar refractivity (Wildman–Crippen MR) is 109 cm³/mol. The fourth-order valence-electron chi connectivity index (χ4n) is 3.82. The summed E-state index contributed by atoms with van der Waals surface area (Å²) in [6.45, 7) is 3.06. The number of hydrogen-bond donors (Lipinski definition) is 1. The summed E-state index contributed by atoms with van der Waals surface area (Å²) in [5, 5.41) is 7.70. The lowest BCUT2D eigenvalue weighted by Crippen LogP contribution is -2.38. The van der Waals surface area contributed by atoms with Crippen molar-refractivity contribution in [1.29, 1.82) is 0 Å². The van der Waals surface area contributed by atoms with Gasteiger partial charge in [0.2, 0.25) is 11.8 Å². The Morgan fingerprint density at radius 1 is 1.23 bits per heavy atom. The summed E-state index contributed by atoms with van der Waals surface area (Å²) in [5.74, 6) is 0.0780. The molecule has 156 valence electrons. The van der Waals surface area contributed by atoms with Crippen LogP contribution in [0.3, 0.4) is 0 Å². The van der Waals surface area contributed by atoms with E-state index in [0.29, 0.717) is 24.5 Å². The Morgan fingerprint density at radius 2 is 2.03 bits per heavy atom. The molecule has 0 saturated carbocycles. The zero-order valence-electron chi connectivity index (χ0n) is 16.7. The predicted octanol–water partition coefficient (Wildman–Crippen LogP) is 3.80. The number of carbonyl (C=O) groups excluding carboxylic acids is 2. The highest BCUT2D eigenvalue weighted by atomic mass is 19.1. The van der Waals surface area contributed by atoms with Gasteiger partial charge in [0.05, 0.1) is 5.69 Å². The molecule has 4 rings (SSSR count). The fraction of sp³-hybridized carbons (Fsp3) is 0.364. The van der Waals surface area contributed by atoms with E-state index in [-0.39, 0.29) is 36.4 Å². The number of aryl methyl sites for hydroxylation is 1. The number of likely N-dealkylation sites (tertiary alicyclic amines) is 1. The first-order chi connectivity index (χ1) is 14.5. The van der Waals surface area contributed by atoms with Gasteiger partial charge in [0, 0.05) is 49.5 Å². The van der Waals surface area contributed by atoms with E-state index in [0.717, 1.165) is 29.5 Å². The summed E-state index contributed by atoms with van der Waals surface area (Å²) in [5.41, 5.74) is 2.14. The minimum Gasteiger partial charge on any atom is -0.356 e. The van der Waals surface area contributed by atoms with Crippen LogP contribution in [0, 0.1) is 12.7 Å². The first kappa shape index (κ1) is 20.0. The van der Waals surface area contributed by atoms with Crippen molar-refractivity contribution in [2.24, 2.45) is 0 Å². The Hall–Kier alpha value is -3.29. The van der Waals surface area contributed by atoms with Gasteiger partial charge in [-0.25, -0.2) is 9.37 Å². The first-order valence-electron chi connectivity index (χ1n) is 10.1. The van der Waals surface area contributed by atoms with Crippen LogP contribution in [0.25, 0.3) is 11.0 Å². The highest BCUT2D eigenvalue weighted by Crippen LogP contribution is 2.33. The van der Waals surface area contributed by atoms with Crippen molar-refractivity contribution in [3.8, 4) is 0 Å². The quantitative estimate of drug-likeness (QED) is 0.691. The highest BCUT2D eigenvalue weighted by molar-refractivity contribution is 5.93. The number of anilines is 1. The molecule has 0 atom stereocenters. The normalized spacial score (nSPS) is 14.8. The van der Waals surface area contributed by atoms with Gasteiger partial charge in [-0.3, -0.25) is 9.59 Å². The monoisotopic (exact) mass is 410 g/mol. The van der Waals surface area contributed by atoms with E-state index in [4.69, 9.17) is 4.52 Å². The maximum Gasteiger partial charge on any atom is 0.226 e. The minimum atomic E-state index is -0.354. The van der Waals surface area contributed by atoms with Crippen molar-refractivity contribution in [3.05, 3.63) is 53.6 Å². The van der Waals surface area contributed by atoms with E-state index in [1.807, 2.05) is 13.0 Å². The van der Waals surface area contributed by atoms with E-state index >= 15 is 0 Å². The standard InChI is InChI=1S/C22H23FN4O3/c1-14-3-2-10-24-22(14)25-19(28)6-7-20(29)27-11-8-15(9-12-27)21-17-5-4-16(23)13-18(17)30-26-21/h2-5,10,13,15H,6-9,11-12H2,1H3,(H,24,25,28). The van der Waals surface area contributed by atoms with Crippen LogP contribution in [0.5, 0.6) is 0 Å². The van der Waals surface area contributed by atoms with Gasteiger partial charge in [-0.05, 0) is 43.5 Å². The Morgan fingerprint density at radius 3 is 2.80 bits per heavy atom. The second-order valence-corrected chi connectivity index (χ2v) is 7.58. The van der Waals surface area contributed by atoms with Crippen LogP contribution in [0.4, 0.5) is 10.2 Å². The van der Waals surface area contributed by atoms with Crippen molar-refractivity contribution >= 4 is 28.6 Å². The average molecular weight is 410 g/mol.